The van der Waals surface area contributed by atoms with Crippen molar-refractivity contribution < 1.29 is 0 Å². The van der Waals surface area contributed by atoms with Crippen molar-refractivity contribution in [3.63, 3.8) is 0 Å². The van der Waals surface area contributed by atoms with Gasteiger partial charge in [-0.25, -0.2) is 0 Å². The molecule has 1 aromatic rings. The number of H-pyrrole nitrogens is 1. The third kappa shape index (κ3) is 3.74. The molecule has 0 spiro atoms. The predicted octanol–water partition coefficient (Wildman–Crippen LogP) is 1.70. The van der Waals surface area contributed by atoms with Crippen LogP contribution in [0.4, 0.5) is 0 Å². The molecule has 1 rings (SSSR count). The molecule has 0 aliphatic rings. The van der Waals surface area contributed by atoms with Gasteiger partial charge in [0, 0.05) is 6.54 Å². The van der Waals surface area contributed by atoms with Gasteiger partial charge in [-0.05, 0) is 28.5 Å². The van der Waals surface area contributed by atoms with E-state index in [4.69, 9.17) is 0 Å². The van der Waals surface area contributed by atoms with Crippen LogP contribution >= 0.6 is 28.3 Å². The minimum absolute atomic E-state index is 0. The van der Waals surface area contributed by atoms with Crippen LogP contribution in [0.15, 0.2) is 10.7 Å². The number of aromatic nitrogens is 2. The first-order chi connectivity index (χ1) is 4.83. The van der Waals surface area contributed by atoms with Gasteiger partial charge >= 0.3 is 0 Å². The largest absolute Gasteiger partial charge is 0.311 e. The highest BCUT2D eigenvalue weighted by molar-refractivity contribution is 9.10. The SMILES string of the molecule is CCNCc1cc(Br)n[nH]1.Cl. The van der Waals surface area contributed by atoms with Gasteiger partial charge in [0.2, 0.25) is 0 Å². The molecule has 1 aromatic heterocycles. The van der Waals surface area contributed by atoms with Gasteiger partial charge in [0.1, 0.15) is 4.60 Å². The van der Waals surface area contributed by atoms with E-state index in [0.29, 0.717) is 0 Å². The molecule has 0 fully saturated rings. The summed E-state index contributed by atoms with van der Waals surface area (Å²) >= 11 is 3.25. The summed E-state index contributed by atoms with van der Waals surface area (Å²) < 4.78 is 0.861. The van der Waals surface area contributed by atoms with Crippen LogP contribution in [-0.2, 0) is 6.54 Å². The Bertz CT molecular complexity index is 201. The normalized spacial score (nSPS) is 9.27. The maximum atomic E-state index is 3.92. The fourth-order valence-corrected chi connectivity index (χ4v) is 1.05. The van der Waals surface area contributed by atoms with Crippen molar-refractivity contribution >= 4 is 28.3 Å². The summed E-state index contributed by atoms with van der Waals surface area (Å²) in [5.74, 6) is 0. The molecule has 0 saturated carbocycles. The number of aromatic amines is 1. The lowest BCUT2D eigenvalue weighted by Gasteiger charge is -1.94. The second kappa shape index (κ2) is 5.57. The van der Waals surface area contributed by atoms with Gasteiger partial charge in [-0.1, -0.05) is 6.92 Å². The van der Waals surface area contributed by atoms with Crippen LogP contribution in [0.3, 0.4) is 0 Å². The lowest BCUT2D eigenvalue weighted by atomic mass is 10.4. The third-order valence-corrected chi connectivity index (χ3v) is 1.57. The van der Waals surface area contributed by atoms with Crippen LogP contribution in [-0.4, -0.2) is 16.7 Å². The van der Waals surface area contributed by atoms with E-state index < -0.39 is 0 Å². The third-order valence-electron chi connectivity index (χ3n) is 1.17. The number of nitrogens with zero attached hydrogens (tertiary/aromatic N) is 1. The number of hydrogen-bond donors (Lipinski definition) is 2. The van der Waals surface area contributed by atoms with Gasteiger partial charge < -0.3 is 5.32 Å². The summed E-state index contributed by atoms with van der Waals surface area (Å²) in [6, 6.07) is 1.96. The first kappa shape index (κ1) is 10.9. The minimum atomic E-state index is 0. The number of hydrogen-bond acceptors (Lipinski definition) is 2. The molecule has 3 nitrogen and oxygen atoms in total. The number of rotatable bonds is 3. The smallest absolute Gasteiger partial charge is 0.128 e. The van der Waals surface area contributed by atoms with E-state index in [1.165, 1.54) is 0 Å². The molecule has 5 heteroatoms. The van der Waals surface area contributed by atoms with Crippen molar-refractivity contribution in [3.8, 4) is 0 Å². The summed E-state index contributed by atoms with van der Waals surface area (Å²) in [7, 11) is 0. The molecule has 1 heterocycles. The molecule has 2 N–H and O–H groups in total. The topological polar surface area (TPSA) is 40.7 Å². The standard InChI is InChI=1S/C6H10BrN3.ClH/c1-2-8-4-5-3-6(7)10-9-5;/h3,8H,2,4H2,1H3,(H,9,10);1H. The minimum Gasteiger partial charge on any atom is -0.311 e. The average molecular weight is 241 g/mol. The van der Waals surface area contributed by atoms with Crippen molar-refractivity contribution in [2.75, 3.05) is 6.54 Å². The zero-order chi connectivity index (χ0) is 7.40. The maximum Gasteiger partial charge on any atom is 0.128 e. The summed E-state index contributed by atoms with van der Waals surface area (Å²) in [6.45, 7) is 3.91. The molecule has 0 aliphatic carbocycles. The van der Waals surface area contributed by atoms with E-state index in [1.807, 2.05) is 6.07 Å². The fraction of sp³-hybridized carbons (Fsp3) is 0.500. The van der Waals surface area contributed by atoms with Crippen molar-refractivity contribution in [3.05, 3.63) is 16.4 Å². The van der Waals surface area contributed by atoms with Gasteiger partial charge in [-0.3, -0.25) is 5.10 Å². The first-order valence-electron chi connectivity index (χ1n) is 3.23. The van der Waals surface area contributed by atoms with Crippen molar-refractivity contribution in [2.24, 2.45) is 0 Å². The Morgan fingerprint density at radius 1 is 1.73 bits per heavy atom. The van der Waals surface area contributed by atoms with E-state index in [9.17, 15) is 0 Å². The monoisotopic (exact) mass is 239 g/mol. The van der Waals surface area contributed by atoms with E-state index in [-0.39, 0.29) is 12.4 Å². The molecule has 0 unspecified atom stereocenters. The molecule has 0 bridgehead atoms. The highest BCUT2D eigenvalue weighted by atomic mass is 79.9. The second-order valence-corrected chi connectivity index (χ2v) is 2.81. The molecule has 0 radical (unpaired) electrons. The highest BCUT2D eigenvalue weighted by Gasteiger charge is 1.94. The van der Waals surface area contributed by atoms with Crippen LogP contribution < -0.4 is 5.32 Å². The van der Waals surface area contributed by atoms with Crippen LogP contribution in [0.5, 0.6) is 0 Å². The van der Waals surface area contributed by atoms with Gasteiger partial charge in [-0.2, -0.15) is 5.10 Å². The van der Waals surface area contributed by atoms with Crippen LogP contribution in [0.1, 0.15) is 12.6 Å². The van der Waals surface area contributed by atoms with Crippen molar-refractivity contribution in [2.45, 2.75) is 13.5 Å². The first-order valence-corrected chi connectivity index (χ1v) is 4.02. The molecular formula is C6H11BrClN3. The summed E-state index contributed by atoms with van der Waals surface area (Å²) in [5.41, 5.74) is 1.11. The summed E-state index contributed by atoms with van der Waals surface area (Å²) in [5, 5.41) is 9.99. The van der Waals surface area contributed by atoms with E-state index in [1.54, 1.807) is 0 Å². The Kier molecular flexibility index (Phi) is 5.54. The van der Waals surface area contributed by atoms with Crippen LogP contribution in [0, 0.1) is 0 Å². The van der Waals surface area contributed by atoms with Crippen molar-refractivity contribution in [1.29, 1.82) is 0 Å². The molecule has 0 aliphatic heterocycles. The fourth-order valence-electron chi connectivity index (χ4n) is 0.684. The van der Waals surface area contributed by atoms with E-state index in [0.717, 1.165) is 23.4 Å². The lowest BCUT2D eigenvalue weighted by molar-refractivity contribution is 0.707. The molecule has 0 aromatic carbocycles. The maximum absolute atomic E-state index is 3.92. The number of nitrogens with one attached hydrogen (secondary N) is 2. The number of halogens is 2. The lowest BCUT2D eigenvalue weighted by Crippen LogP contribution is -2.11. The van der Waals surface area contributed by atoms with Gasteiger partial charge in [0.05, 0.1) is 5.69 Å². The molecule has 0 atom stereocenters. The Morgan fingerprint density at radius 3 is 2.91 bits per heavy atom. The molecule has 11 heavy (non-hydrogen) atoms. The summed E-state index contributed by atoms with van der Waals surface area (Å²) in [4.78, 5) is 0. The van der Waals surface area contributed by atoms with Crippen LogP contribution in [0.25, 0.3) is 0 Å². The molecule has 0 saturated heterocycles. The molecule has 0 amide bonds. The van der Waals surface area contributed by atoms with Gasteiger partial charge in [0.25, 0.3) is 0 Å². The summed E-state index contributed by atoms with van der Waals surface area (Å²) in [6.07, 6.45) is 0. The van der Waals surface area contributed by atoms with Gasteiger partial charge in [-0.15, -0.1) is 12.4 Å². The second-order valence-electron chi connectivity index (χ2n) is 2.00. The molecule has 64 valence electrons. The zero-order valence-electron chi connectivity index (χ0n) is 6.22. The Hall–Kier alpha value is -0.0600. The van der Waals surface area contributed by atoms with Crippen LogP contribution in [0.2, 0.25) is 0 Å². The Labute approximate surface area is 80.5 Å². The predicted molar refractivity (Wildman–Crippen MR) is 50.9 cm³/mol. The molecular weight excluding hydrogens is 229 g/mol. The Balaban J connectivity index is 0.000001000. The van der Waals surface area contributed by atoms with E-state index >= 15 is 0 Å². The van der Waals surface area contributed by atoms with Crippen molar-refractivity contribution in [1.82, 2.24) is 15.5 Å². The van der Waals surface area contributed by atoms with E-state index in [2.05, 4.69) is 38.4 Å². The average Bonchev–Trinajstić information content (AvgIpc) is 2.31. The zero-order valence-corrected chi connectivity index (χ0v) is 8.63. The quantitative estimate of drug-likeness (QED) is 0.844. The highest BCUT2D eigenvalue weighted by Crippen LogP contribution is 2.05. The van der Waals surface area contributed by atoms with Gasteiger partial charge in [0.15, 0.2) is 0 Å². The Morgan fingerprint density at radius 2 is 2.45 bits per heavy atom.